The second-order valence-corrected chi connectivity index (χ2v) is 5.30. The first-order valence-electron chi connectivity index (χ1n) is 7.09. The van der Waals surface area contributed by atoms with E-state index >= 15 is 0 Å². The van der Waals surface area contributed by atoms with Crippen molar-refractivity contribution in [3.8, 4) is 5.75 Å². The molecule has 0 radical (unpaired) electrons. The number of hydrogen-bond donors (Lipinski definition) is 0. The van der Waals surface area contributed by atoms with Gasteiger partial charge in [0.2, 0.25) is 0 Å². The van der Waals surface area contributed by atoms with Crippen LogP contribution in [-0.4, -0.2) is 5.78 Å². The van der Waals surface area contributed by atoms with Crippen molar-refractivity contribution in [2.45, 2.75) is 12.5 Å². The van der Waals surface area contributed by atoms with Crippen molar-refractivity contribution in [1.82, 2.24) is 0 Å². The fourth-order valence-corrected chi connectivity index (χ4v) is 2.96. The molecule has 4 rings (SSSR count). The van der Waals surface area contributed by atoms with Crippen molar-refractivity contribution in [2.24, 2.45) is 0 Å². The molecule has 0 aromatic heterocycles. The number of ether oxygens (including phenoxy) is 1. The predicted molar refractivity (Wildman–Crippen MR) is 82.7 cm³/mol. The van der Waals surface area contributed by atoms with Crippen molar-refractivity contribution in [1.29, 1.82) is 0 Å². The summed E-state index contributed by atoms with van der Waals surface area (Å²) < 4.78 is 6.08. The van der Waals surface area contributed by atoms with E-state index in [1.807, 2.05) is 66.7 Å². The third kappa shape index (κ3) is 2.00. The molecular weight excluding hydrogens is 260 g/mol. The molecule has 0 saturated heterocycles. The predicted octanol–water partition coefficient (Wildman–Crippen LogP) is 4.55. The molecule has 0 spiro atoms. The van der Waals surface area contributed by atoms with Crippen LogP contribution >= 0.6 is 0 Å². The molecule has 1 aliphatic heterocycles. The maximum atomic E-state index is 12.6. The standard InChI is InChI=1S/C19H14O2/c20-16-12-18(14-7-2-1-3-8-14)21-17-11-10-13-6-4-5-9-15(13)19(16)17/h1-11,18H,12H2/t18-/m1/s1. The van der Waals surface area contributed by atoms with Crippen LogP contribution in [0.25, 0.3) is 10.8 Å². The van der Waals surface area contributed by atoms with Gasteiger partial charge in [0, 0.05) is 0 Å². The molecule has 1 atom stereocenters. The summed E-state index contributed by atoms with van der Waals surface area (Å²) in [6.45, 7) is 0. The second kappa shape index (κ2) is 4.74. The van der Waals surface area contributed by atoms with E-state index < -0.39 is 0 Å². The Hall–Kier alpha value is -2.61. The summed E-state index contributed by atoms with van der Waals surface area (Å²) in [5, 5.41) is 2.05. The van der Waals surface area contributed by atoms with Gasteiger partial charge >= 0.3 is 0 Å². The second-order valence-electron chi connectivity index (χ2n) is 5.30. The third-order valence-corrected chi connectivity index (χ3v) is 3.98. The Morgan fingerprint density at radius 3 is 2.48 bits per heavy atom. The highest BCUT2D eigenvalue weighted by Gasteiger charge is 2.28. The molecule has 3 aromatic carbocycles. The van der Waals surface area contributed by atoms with Crippen molar-refractivity contribution in [3.63, 3.8) is 0 Å². The lowest BCUT2D eigenvalue weighted by atomic mass is 9.92. The number of ketones is 1. The van der Waals surface area contributed by atoms with Crippen molar-refractivity contribution < 1.29 is 9.53 Å². The van der Waals surface area contributed by atoms with Gasteiger partial charge in [-0.25, -0.2) is 0 Å². The molecule has 1 aliphatic rings. The summed E-state index contributed by atoms with van der Waals surface area (Å²) in [7, 11) is 0. The molecule has 0 bridgehead atoms. The normalized spacial score (nSPS) is 17.3. The molecule has 1 heterocycles. The Labute approximate surface area is 123 Å². The smallest absolute Gasteiger partial charge is 0.171 e. The van der Waals surface area contributed by atoms with Gasteiger partial charge in [0.05, 0.1) is 12.0 Å². The summed E-state index contributed by atoms with van der Waals surface area (Å²) in [5.41, 5.74) is 1.77. The van der Waals surface area contributed by atoms with E-state index in [0.29, 0.717) is 12.2 Å². The van der Waals surface area contributed by atoms with Gasteiger partial charge in [-0.15, -0.1) is 0 Å². The molecule has 3 aromatic rings. The van der Waals surface area contributed by atoms with Crippen LogP contribution in [0.15, 0.2) is 66.7 Å². The van der Waals surface area contributed by atoms with Crippen molar-refractivity contribution in [3.05, 3.63) is 77.9 Å². The quantitative estimate of drug-likeness (QED) is 0.651. The van der Waals surface area contributed by atoms with Gasteiger partial charge in [-0.1, -0.05) is 60.7 Å². The van der Waals surface area contributed by atoms with Gasteiger partial charge < -0.3 is 4.74 Å². The van der Waals surface area contributed by atoms with Crippen LogP contribution in [-0.2, 0) is 0 Å². The lowest BCUT2D eigenvalue weighted by molar-refractivity contribution is 0.0853. The first kappa shape index (κ1) is 12.2. The fraction of sp³-hybridized carbons (Fsp3) is 0.105. The summed E-state index contributed by atoms with van der Waals surface area (Å²) in [5.74, 6) is 0.848. The summed E-state index contributed by atoms with van der Waals surface area (Å²) in [4.78, 5) is 12.6. The number of hydrogen-bond acceptors (Lipinski definition) is 2. The number of benzene rings is 3. The van der Waals surface area contributed by atoms with Crippen LogP contribution in [0, 0.1) is 0 Å². The number of rotatable bonds is 1. The molecule has 0 amide bonds. The average Bonchev–Trinajstić information content (AvgIpc) is 2.55. The highest BCUT2D eigenvalue weighted by Crippen LogP contribution is 2.38. The first-order valence-corrected chi connectivity index (χ1v) is 7.09. The van der Waals surface area contributed by atoms with E-state index in [4.69, 9.17) is 4.74 Å². The minimum absolute atomic E-state index is 0.155. The lowest BCUT2D eigenvalue weighted by Crippen LogP contribution is -2.20. The maximum Gasteiger partial charge on any atom is 0.171 e. The molecule has 0 aliphatic carbocycles. The van der Waals surface area contributed by atoms with Gasteiger partial charge in [0.1, 0.15) is 11.9 Å². The van der Waals surface area contributed by atoms with E-state index in [-0.39, 0.29) is 11.9 Å². The Bertz CT molecular complexity index is 821. The van der Waals surface area contributed by atoms with Crippen LogP contribution in [0.4, 0.5) is 0 Å². The molecule has 0 unspecified atom stereocenters. The molecule has 0 fully saturated rings. The topological polar surface area (TPSA) is 26.3 Å². The largest absolute Gasteiger partial charge is 0.484 e. The maximum absolute atomic E-state index is 12.6. The Morgan fingerprint density at radius 2 is 1.62 bits per heavy atom. The SMILES string of the molecule is O=C1C[C@H](c2ccccc2)Oc2ccc3ccccc3c21. The fourth-order valence-electron chi connectivity index (χ4n) is 2.96. The molecule has 21 heavy (non-hydrogen) atoms. The molecule has 0 N–H and O–H groups in total. The molecular formula is C19H14O2. The first-order chi connectivity index (χ1) is 10.3. The lowest BCUT2D eigenvalue weighted by Gasteiger charge is -2.26. The molecule has 2 nitrogen and oxygen atoms in total. The van der Waals surface area contributed by atoms with Crippen molar-refractivity contribution in [2.75, 3.05) is 0 Å². The number of Topliss-reactive ketones (excluding diaryl/α,β-unsaturated/α-hetero) is 1. The van der Waals surface area contributed by atoms with Crippen LogP contribution in [0.5, 0.6) is 5.75 Å². The number of carbonyl (C=O) groups excluding carboxylic acids is 1. The minimum Gasteiger partial charge on any atom is -0.484 e. The summed E-state index contributed by atoms with van der Waals surface area (Å²) >= 11 is 0. The number of fused-ring (bicyclic) bond motifs is 3. The third-order valence-electron chi connectivity index (χ3n) is 3.98. The van der Waals surface area contributed by atoms with Crippen molar-refractivity contribution >= 4 is 16.6 Å². The highest BCUT2D eigenvalue weighted by molar-refractivity contribution is 6.11. The minimum atomic E-state index is -0.188. The van der Waals surface area contributed by atoms with E-state index in [1.165, 1.54) is 0 Å². The van der Waals surface area contributed by atoms with Crippen LogP contribution in [0.1, 0.15) is 28.4 Å². The summed E-state index contributed by atoms with van der Waals surface area (Å²) in [6.07, 6.45) is 0.206. The molecule has 2 heteroatoms. The number of carbonyl (C=O) groups is 1. The average molecular weight is 274 g/mol. The Morgan fingerprint density at radius 1 is 0.857 bits per heavy atom. The highest BCUT2D eigenvalue weighted by atomic mass is 16.5. The zero-order chi connectivity index (χ0) is 14.2. The van der Waals surface area contributed by atoms with E-state index in [1.54, 1.807) is 0 Å². The monoisotopic (exact) mass is 274 g/mol. The summed E-state index contributed by atoms with van der Waals surface area (Å²) in [6, 6.07) is 21.8. The van der Waals surface area contributed by atoms with E-state index in [9.17, 15) is 4.79 Å². The van der Waals surface area contributed by atoms with Gasteiger partial charge in [-0.05, 0) is 22.4 Å². The van der Waals surface area contributed by atoms with Gasteiger partial charge in [-0.2, -0.15) is 0 Å². The van der Waals surface area contributed by atoms with E-state index in [0.717, 1.165) is 21.9 Å². The van der Waals surface area contributed by atoms with Crippen LogP contribution < -0.4 is 4.74 Å². The van der Waals surface area contributed by atoms with Gasteiger partial charge in [0.25, 0.3) is 0 Å². The van der Waals surface area contributed by atoms with E-state index in [2.05, 4.69) is 0 Å². The zero-order valence-electron chi connectivity index (χ0n) is 11.5. The Balaban J connectivity index is 1.83. The molecule has 102 valence electrons. The zero-order valence-corrected chi connectivity index (χ0v) is 11.5. The van der Waals surface area contributed by atoms with Gasteiger partial charge in [0.15, 0.2) is 5.78 Å². The van der Waals surface area contributed by atoms with Gasteiger partial charge in [-0.3, -0.25) is 4.79 Å². The Kier molecular flexibility index (Phi) is 2.74. The molecule has 0 saturated carbocycles. The van der Waals surface area contributed by atoms with Crippen LogP contribution in [0.2, 0.25) is 0 Å². The van der Waals surface area contributed by atoms with Crippen LogP contribution in [0.3, 0.4) is 0 Å².